The molecule has 5 rings (SSSR count). The summed E-state index contributed by atoms with van der Waals surface area (Å²) in [5.41, 5.74) is -2.22. The molecule has 39 heavy (non-hydrogen) atoms. The highest BCUT2D eigenvalue weighted by molar-refractivity contribution is 7.92. The first-order valence-electron chi connectivity index (χ1n) is 11.6. The minimum atomic E-state index is -5.47. The molecular formula is C28H20F3NO6S. The van der Waals surface area contributed by atoms with Crippen LogP contribution in [0.4, 0.5) is 13.2 Å². The average Bonchev–Trinajstić information content (AvgIpc) is 3.24. The van der Waals surface area contributed by atoms with Gasteiger partial charge in [0, 0.05) is 10.9 Å². The van der Waals surface area contributed by atoms with Crippen molar-refractivity contribution in [3.8, 4) is 17.2 Å². The number of carboxylic acid groups (broad SMARTS) is 1. The van der Waals surface area contributed by atoms with Gasteiger partial charge in [0.2, 0.25) is 0 Å². The minimum absolute atomic E-state index is 0.0693. The van der Waals surface area contributed by atoms with E-state index in [4.69, 9.17) is 14.1 Å². The van der Waals surface area contributed by atoms with E-state index in [-0.39, 0.29) is 23.3 Å². The number of pyridine rings is 1. The van der Waals surface area contributed by atoms with Gasteiger partial charge in [-0.2, -0.15) is 13.2 Å². The Morgan fingerprint density at radius 2 is 1.72 bits per heavy atom. The number of fused-ring (bicyclic) bond motifs is 2. The van der Waals surface area contributed by atoms with Crippen LogP contribution in [0, 0.1) is 13.8 Å². The fourth-order valence-electron chi connectivity index (χ4n) is 4.33. The number of carboxylic acids is 1. The molecule has 2 aromatic heterocycles. The topological polar surface area (TPSA) is 107 Å². The number of furan rings is 1. The number of ether oxygens (including phenoxy) is 1. The van der Waals surface area contributed by atoms with Crippen LogP contribution in [0.25, 0.3) is 33.3 Å². The second-order valence-corrected chi connectivity index (χ2v) is 10.8. The number of aromatic nitrogens is 1. The Bertz CT molecular complexity index is 1860. The average molecular weight is 556 g/mol. The SMILES string of the molecule is Cc1c(-c2cc(C(=O)O)c3c(OCc4ccc(S(=O)(=O)C(F)(F)F)cc4)ccc(C)c3n2)oc2ccccc12. The number of aryl methyl sites for hydroxylation is 2. The third-order valence-electron chi connectivity index (χ3n) is 6.36. The fourth-order valence-corrected chi connectivity index (χ4v) is 5.09. The van der Waals surface area contributed by atoms with Crippen LogP contribution >= 0.6 is 0 Å². The number of para-hydroxylation sites is 1. The van der Waals surface area contributed by atoms with Crippen LogP contribution < -0.4 is 4.74 Å². The third-order valence-corrected chi connectivity index (χ3v) is 7.87. The predicted molar refractivity (Wildman–Crippen MR) is 137 cm³/mol. The van der Waals surface area contributed by atoms with Crippen LogP contribution in [0.5, 0.6) is 5.75 Å². The molecule has 0 fully saturated rings. The van der Waals surface area contributed by atoms with Gasteiger partial charge in [0.25, 0.3) is 9.84 Å². The largest absolute Gasteiger partial charge is 0.501 e. The van der Waals surface area contributed by atoms with Crippen molar-refractivity contribution in [1.29, 1.82) is 0 Å². The molecule has 0 atom stereocenters. The number of aromatic carboxylic acids is 1. The molecule has 0 aliphatic heterocycles. The summed E-state index contributed by atoms with van der Waals surface area (Å²) in [5, 5.41) is 11.2. The van der Waals surface area contributed by atoms with Gasteiger partial charge in [0.15, 0.2) is 5.76 Å². The highest BCUT2D eigenvalue weighted by Crippen LogP contribution is 2.37. The van der Waals surface area contributed by atoms with Gasteiger partial charge in [-0.15, -0.1) is 0 Å². The van der Waals surface area contributed by atoms with E-state index in [1.54, 1.807) is 19.1 Å². The van der Waals surface area contributed by atoms with E-state index in [1.165, 1.54) is 18.2 Å². The standard InChI is InChI=1S/C28H20F3NO6S/c1-15-7-12-23(37-14-17-8-10-18(11-9-17)39(35,36)28(29,30)31)24-20(27(33)34)13-21(32-25(15)24)26-16(2)19-5-3-4-6-22(19)38-26/h3-13H,14H2,1-2H3,(H,33,34). The van der Waals surface area contributed by atoms with E-state index in [2.05, 4.69) is 0 Å². The number of nitrogens with zero attached hydrogens (tertiary/aromatic N) is 1. The second-order valence-electron chi connectivity index (χ2n) is 8.90. The molecule has 200 valence electrons. The Morgan fingerprint density at radius 1 is 1.03 bits per heavy atom. The van der Waals surface area contributed by atoms with Gasteiger partial charge < -0.3 is 14.3 Å². The zero-order valence-corrected chi connectivity index (χ0v) is 21.4. The molecule has 0 unspecified atom stereocenters. The molecular weight excluding hydrogens is 535 g/mol. The molecule has 11 heteroatoms. The minimum Gasteiger partial charge on any atom is -0.488 e. The van der Waals surface area contributed by atoms with Crippen LogP contribution in [0.1, 0.15) is 27.0 Å². The van der Waals surface area contributed by atoms with Crippen molar-refractivity contribution in [3.05, 3.63) is 89.0 Å². The zero-order valence-electron chi connectivity index (χ0n) is 20.5. The number of carbonyl (C=O) groups is 1. The molecule has 0 saturated carbocycles. The van der Waals surface area contributed by atoms with E-state index in [0.29, 0.717) is 33.7 Å². The van der Waals surface area contributed by atoms with E-state index in [9.17, 15) is 31.5 Å². The fraction of sp³-hybridized carbons (Fsp3) is 0.143. The summed E-state index contributed by atoms with van der Waals surface area (Å²) in [4.78, 5) is 16.2. The number of hydrogen-bond donors (Lipinski definition) is 1. The van der Waals surface area contributed by atoms with Crippen molar-refractivity contribution in [2.24, 2.45) is 0 Å². The molecule has 2 heterocycles. The van der Waals surface area contributed by atoms with E-state index in [0.717, 1.165) is 23.1 Å². The van der Waals surface area contributed by atoms with Crippen LogP contribution in [0.3, 0.4) is 0 Å². The highest BCUT2D eigenvalue weighted by atomic mass is 32.2. The summed E-state index contributed by atoms with van der Waals surface area (Å²) in [6, 6.07) is 16.2. The van der Waals surface area contributed by atoms with Crippen molar-refractivity contribution in [1.82, 2.24) is 4.98 Å². The Balaban J connectivity index is 1.54. The first-order valence-corrected chi connectivity index (χ1v) is 13.1. The number of benzene rings is 3. The Morgan fingerprint density at radius 3 is 2.36 bits per heavy atom. The van der Waals surface area contributed by atoms with Gasteiger partial charge >= 0.3 is 11.5 Å². The van der Waals surface area contributed by atoms with Gasteiger partial charge in [-0.25, -0.2) is 18.2 Å². The van der Waals surface area contributed by atoms with Crippen molar-refractivity contribution in [2.75, 3.05) is 0 Å². The Labute approximate surface area is 220 Å². The maximum absolute atomic E-state index is 12.8. The molecule has 0 bridgehead atoms. The number of alkyl halides is 3. The summed E-state index contributed by atoms with van der Waals surface area (Å²) >= 11 is 0. The number of halogens is 3. The molecule has 7 nitrogen and oxygen atoms in total. The lowest BCUT2D eigenvalue weighted by atomic mass is 10.0. The summed E-state index contributed by atoms with van der Waals surface area (Å²) in [6.07, 6.45) is 0. The lowest BCUT2D eigenvalue weighted by Gasteiger charge is -2.14. The molecule has 1 N–H and O–H groups in total. The molecule has 3 aromatic carbocycles. The van der Waals surface area contributed by atoms with E-state index >= 15 is 0 Å². The van der Waals surface area contributed by atoms with Gasteiger partial charge in [-0.1, -0.05) is 36.4 Å². The zero-order chi connectivity index (χ0) is 28.1. The maximum atomic E-state index is 12.8. The summed E-state index contributed by atoms with van der Waals surface area (Å²) in [6.45, 7) is 3.49. The second kappa shape index (κ2) is 9.42. The lowest BCUT2D eigenvalue weighted by Crippen LogP contribution is -2.23. The van der Waals surface area contributed by atoms with Crippen LogP contribution in [-0.2, 0) is 16.4 Å². The first-order chi connectivity index (χ1) is 18.4. The molecule has 0 spiro atoms. The van der Waals surface area contributed by atoms with Gasteiger partial charge in [0.05, 0.1) is 21.4 Å². The third kappa shape index (κ3) is 4.59. The van der Waals surface area contributed by atoms with Crippen LogP contribution in [0.15, 0.2) is 76.0 Å². The predicted octanol–water partition coefficient (Wildman–Crippen LogP) is 6.84. The Kier molecular flexibility index (Phi) is 6.34. The monoisotopic (exact) mass is 555 g/mol. The van der Waals surface area contributed by atoms with Gasteiger partial charge in [0.1, 0.15) is 23.6 Å². The van der Waals surface area contributed by atoms with Crippen LogP contribution in [-0.4, -0.2) is 30.0 Å². The van der Waals surface area contributed by atoms with Crippen molar-refractivity contribution < 1.29 is 40.6 Å². The van der Waals surface area contributed by atoms with Crippen molar-refractivity contribution in [3.63, 3.8) is 0 Å². The molecule has 5 aromatic rings. The molecule has 0 saturated heterocycles. The molecule has 0 aliphatic rings. The number of rotatable bonds is 6. The van der Waals surface area contributed by atoms with Gasteiger partial charge in [-0.3, -0.25) is 0 Å². The van der Waals surface area contributed by atoms with E-state index < -0.39 is 26.2 Å². The lowest BCUT2D eigenvalue weighted by molar-refractivity contribution is -0.0436. The van der Waals surface area contributed by atoms with Gasteiger partial charge in [-0.05, 0) is 55.3 Å². The molecule has 0 radical (unpaired) electrons. The quantitative estimate of drug-likeness (QED) is 0.245. The molecule has 0 amide bonds. The summed E-state index contributed by atoms with van der Waals surface area (Å²) < 4.78 is 73.5. The normalized spacial score (nSPS) is 12.2. The first kappa shape index (κ1) is 26.2. The highest BCUT2D eigenvalue weighted by Gasteiger charge is 2.46. The molecule has 0 aliphatic carbocycles. The van der Waals surface area contributed by atoms with Crippen molar-refractivity contribution in [2.45, 2.75) is 30.9 Å². The van der Waals surface area contributed by atoms with Crippen LogP contribution in [0.2, 0.25) is 0 Å². The number of hydrogen-bond acceptors (Lipinski definition) is 6. The maximum Gasteiger partial charge on any atom is 0.501 e. The number of sulfone groups is 1. The Hall–Kier alpha value is -4.38. The van der Waals surface area contributed by atoms with Crippen molar-refractivity contribution >= 4 is 37.7 Å². The van der Waals surface area contributed by atoms with E-state index in [1.807, 2.05) is 31.2 Å². The smallest absolute Gasteiger partial charge is 0.488 e. The summed E-state index contributed by atoms with van der Waals surface area (Å²) in [5.74, 6) is -0.574. The summed E-state index contributed by atoms with van der Waals surface area (Å²) in [7, 11) is -5.47.